The second-order valence-corrected chi connectivity index (χ2v) is 5.64. The van der Waals surface area contributed by atoms with E-state index in [0.29, 0.717) is 0 Å². The van der Waals surface area contributed by atoms with E-state index in [1.807, 2.05) is 0 Å². The first kappa shape index (κ1) is 13.3. The van der Waals surface area contributed by atoms with Crippen molar-refractivity contribution in [2.75, 3.05) is 25.1 Å². The van der Waals surface area contributed by atoms with E-state index in [1.54, 1.807) is 6.33 Å². The largest absolute Gasteiger partial charge is 0.469 e. The normalized spacial score (nSPS) is 22.2. The molecule has 1 aromatic heterocycles. The van der Waals surface area contributed by atoms with Crippen molar-refractivity contribution in [2.24, 2.45) is 5.92 Å². The lowest BCUT2D eigenvalue weighted by Crippen LogP contribution is -2.25. The highest BCUT2D eigenvalue weighted by Gasteiger charge is 2.31. The van der Waals surface area contributed by atoms with Gasteiger partial charge in [0.05, 0.1) is 13.0 Å². The van der Waals surface area contributed by atoms with E-state index in [-0.39, 0.29) is 11.9 Å². The zero-order valence-electron chi connectivity index (χ0n) is 12.0. The van der Waals surface area contributed by atoms with E-state index in [4.69, 9.17) is 4.74 Å². The number of hydrogen-bond donors (Lipinski definition) is 0. The topological polar surface area (TPSA) is 55.3 Å². The number of hydrogen-bond acceptors (Lipinski definition) is 5. The van der Waals surface area contributed by atoms with Crippen LogP contribution in [0.2, 0.25) is 0 Å². The molecule has 1 saturated heterocycles. The molecule has 0 aromatic carbocycles. The number of carbonyl (C=O) groups excluding carboxylic acids is 1. The minimum atomic E-state index is -0.104. The molecule has 0 radical (unpaired) electrons. The highest BCUT2D eigenvalue weighted by Crippen LogP contribution is 2.30. The smallest absolute Gasteiger partial charge is 0.310 e. The Bertz CT molecular complexity index is 504. The average Bonchev–Trinajstić information content (AvgIpc) is 2.84. The number of nitrogens with zero attached hydrogens (tertiary/aromatic N) is 3. The molecule has 5 heteroatoms. The minimum absolute atomic E-state index is 0.0172. The van der Waals surface area contributed by atoms with Gasteiger partial charge in [0.25, 0.3) is 0 Å². The van der Waals surface area contributed by atoms with E-state index in [2.05, 4.69) is 14.9 Å². The molecule has 0 spiro atoms. The second-order valence-electron chi connectivity index (χ2n) is 5.64. The third-order valence-electron chi connectivity index (χ3n) is 4.37. The van der Waals surface area contributed by atoms with Crippen molar-refractivity contribution in [1.29, 1.82) is 0 Å². The van der Waals surface area contributed by atoms with Crippen molar-refractivity contribution in [2.45, 2.75) is 38.5 Å². The van der Waals surface area contributed by atoms with Crippen LogP contribution >= 0.6 is 0 Å². The van der Waals surface area contributed by atoms with E-state index >= 15 is 0 Å². The summed E-state index contributed by atoms with van der Waals surface area (Å²) >= 11 is 0. The Morgan fingerprint density at radius 2 is 2.15 bits per heavy atom. The first-order chi connectivity index (χ1) is 9.79. The zero-order chi connectivity index (χ0) is 13.9. The summed E-state index contributed by atoms with van der Waals surface area (Å²) in [7, 11) is 1.46. The lowest BCUT2D eigenvalue weighted by Gasteiger charge is -2.21. The number of carbonyl (C=O) groups is 1. The lowest BCUT2D eigenvalue weighted by atomic mass is 10.1. The number of fused-ring (bicyclic) bond motifs is 1. The third kappa shape index (κ3) is 2.49. The van der Waals surface area contributed by atoms with Gasteiger partial charge in [0.1, 0.15) is 12.1 Å². The molecule has 1 atom stereocenters. The SMILES string of the molecule is COC(=O)C1CCN(c2ncnc3c2CCCCC3)C1. The van der Waals surface area contributed by atoms with Gasteiger partial charge in [-0.1, -0.05) is 6.42 Å². The van der Waals surface area contributed by atoms with Gasteiger partial charge >= 0.3 is 5.97 Å². The Hall–Kier alpha value is -1.65. The van der Waals surface area contributed by atoms with Gasteiger partial charge in [0, 0.05) is 24.3 Å². The Morgan fingerprint density at radius 3 is 3.00 bits per heavy atom. The van der Waals surface area contributed by atoms with E-state index in [0.717, 1.165) is 38.2 Å². The lowest BCUT2D eigenvalue weighted by molar-refractivity contribution is -0.144. The highest BCUT2D eigenvalue weighted by atomic mass is 16.5. The van der Waals surface area contributed by atoms with Gasteiger partial charge in [-0.3, -0.25) is 4.79 Å². The second kappa shape index (κ2) is 5.77. The monoisotopic (exact) mass is 275 g/mol. The van der Waals surface area contributed by atoms with Crippen LogP contribution in [0.1, 0.15) is 36.9 Å². The number of esters is 1. The van der Waals surface area contributed by atoms with Crippen LogP contribution in [-0.4, -0.2) is 36.1 Å². The molecule has 1 aromatic rings. The predicted molar refractivity (Wildman–Crippen MR) is 75.6 cm³/mol. The number of anilines is 1. The van der Waals surface area contributed by atoms with Gasteiger partial charge in [0.15, 0.2) is 0 Å². The number of aryl methyl sites for hydroxylation is 1. The molecule has 20 heavy (non-hydrogen) atoms. The fraction of sp³-hybridized carbons (Fsp3) is 0.667. The van der Waals surface area contributed by atoms with E-state index < -0.39 is 0 Å². The summed E-state index contributed by atoms with van der Waals surface area (Å²) in [5, 5.41) is 0. The first-order valence-electron chi connectivity index (χ1n) is 7.45. The number of methoxy groups -OCH3 is 1. The molecule has 0 bridgehead atoms. The van der Waals surface area contributed by atoms with Gasteiger partial charge in [-0.2, -0.15) is 0 Å². The first-order valence-corrected chi connectivity index (χ1v) is 7.45. The van der Waals surface area contributed by atoms with Gasteiger partial charge in [0.2, 0.25) is 0 Å². The molecule has 1 aliphatic heterocycles. The summed E-state index contributed by atoms with van der Waals surface area (Å²) in [4.78, 5) is 22.8. The standard InChI is InChI=1S/C15H21N3O2/c1-20-15(19)11-7-8-18(9-11)14-12-5-3-2-4-6-13(12)16-10-17-14/h10-11H,2-9H2,1H3. The van der Waals surface area contributed by atoms with Crippen LogP contribution in [0.3, 0.4) is 0 Å². The maximum Gasteiger partial charge on any atom is 0.310 e. The molecule has 5 nitrogen and oxygen atoms in total. The third-order valence-corrected chi connectivity index (χ3v) is 4.37. The summed E-state index contributed by atoms with van der Waals surface area (Å²) < 4.78 is 4.85. The molecule has 2 heterocycles. The summed E-state index contributed by atoms with van der Waals surface area (Å²) in [5.74, 6) is 0.923. The van der Waals surface area contributed by atoms with Crippen LogP contribution in [0.25, 0.3) is 0 Å². The maximum absolute atomic E-state index is 11.7. The molecule has 0 saturated carbocycles. The van der Waals surface area contributed by atoms with Crippen LogP contribution < -0.4 is 4.90 Å². The Labute approximate surface area is 119 Å². The van der Waals surface area contributed by atoms with Crippen molar-refractivity contribution in [3.05, 3.63) is 17.6 Å². The minimum Gasteiger partial charge on any atom is -0.469 e. The van der Waals surface area contributed by atoms with E-state index in [9.17, 15) is 4.79 Å². The quantitative estimate of drug-likeness (QED) is 0.608. The fourth-order valence-corrected chi connectivity index (χ4v) is 3.26. The van der Waals surface area contributed by atoms with Gasteiger partial charge in [-0.25, -0.2) is 9.97 Å². The number of rotatable bonds is 2. The molecule has 1 unspecified atom stereocenters. The zero-order valence-corrected chi connectivity index (χ0v) is 12.0. The van der Waals surface area contributed by atoms with Crippen molar-refractivity contribution in [3.63, 3.8) is 0 Å². The molecule has 0 amide bonds. The predicted octanol–water partition coefficient (Wildman–Crippen LogP) is 1.74. The van der Waals surface area contributed by atoms with Crippen molar-refractivity contribution >= 4 is 11.8 Å². The molecule has 108 valence electrons. The highest BCUT2D eigenvalue weighted by molar-refractivity contribution is 5.74. The summed E-state index contributed by atoms with van der Waals surface area (Å²) in [6, 6.07) is 0. The van der Waals surface area contributed by atoms with Crippen molar-refractivity contribution in [3.8, 4) is 0 Å². The van der Waals surface area contributed by atoms with Gasteiger partial charge < -0.3 is 9.64 Å². The van der Waals surface area contributed by atoms with Crippen LogP contribution in [0.5, 0.6) is 0 Å². The number of aromatic nitrogens is 2. The molecule has 1 fully saturated rings. The Morgan fingerprint density at radius 1 is 1.30 bits per heavy atom. The van der Waals surface area contributed by atoms with Crippen LogP contribution in [0.15, 0.2) is 6.33 Å². The van der Waals surface area contributed by atoms with Crippen LogP contribution in [0.4, 0.5) is 5.82 Å². The maximum atomic E-state index is 11.7. The summed E-state index contributed by atoms with van der Waals surface area (Å²) in [5.41, 5.74) is 2.50. The average molecular weight is 275 g/mol. The molecule has 3 rings (SSSR count). The summed E-state index contributed by atoms with van der Waals surface area (Å²) in [6.07, 6.45) is 8.33. The van der Waals surface area contributed by atoms with E-state index in [1.165, 1.54) is 37.6 Å². The molecule has 2 aliphatic rings. The summed E-state index contributed by atoms with van der Waals surface area (Å²) in [6.45, 7) is 1.60. The fourth-order valence-electron chi connectivity index (χ4n) is 3.26. The molecular weight excluding hydrogens is 254 g/mol. The molecule has 1 aliphatic carbocycles. The van der Waals surface area contributed by atoms with Crippen LogP contribution in [-0.2, 0) is 22.4 Å². The van der Waals surface area contributed by atoms with Gasteiger partial charge in [-0.05, 0) is 32.1 Å². The Balaban J connectivity index is 1.83. The van der Waals surface area contributed by atoms with Crippen molar-refractivity contribution < 1.29 is 9.53 Å². The Kier molecular flexibility index (Phi) is 3.85. The van der Waals surface area contributed by atoms with Crippen LogP contribution in [0, 0.1) is 5.92 Å². The molecular formula is C15H21N3O2. The van der Waals surface area contributed by atoms with Gasteiger partial charge in [-0.15, -0.1) is 0 Å². The van der Waals surface area contributed by atoms with Crippen molar-refractivity contribution in [1.82, 2.24) is 9.97 Å². The number of ether oxygens (including phenoxy) is 1. The molecule has 0 N–H and O–H groups in total.